The summed E-state index contributed by atoms with van der Waals surface area (Å²) < 4.78 is 6.67. The van der Waals surface area contributed by atoms with E-state index in [0.29, 0.717) is 12.4 Å². The fourth-order valence-corrected chi connectivity index (χ4v) is 1.69. The molecule has 0 atom stereocenters. The second-order valence-electron chi connectivity index (χ2n) is 4.45. The molecular formula is C15H18N4O2. The number of anilines is 1. The Labute approximate surface area is 123 Å². The molecule has 0 saturated heterocycles. The summed E-state index contributed by atoms with van der Waals surface area (Å²) >= 11 is 0. The zero-order valence-corrected chi connectivity index (χ0v) is 11.8. The second kappa shape index (κ2) is 7.14. The number of amides is 1. The van der Waals surface area contributed by atoms with Crippen LogP contribution in [0.15, 0.2) is 42.6 Å². The maximum Gasteiger partial charge on any atom is 0.407 e. The third-order valence-electron chi connectivity index (χ3n) is 2.89. The van der Waals surface area contributed by atoms with Crippen molar-refractivity contribution < 1.29 is 9.53 Å². The number of hydrogen-bond donors (Lipinski definition) is 2. The van der Waals surface area contributed by atoms with Crippen molar-refractivity contribution in [3.63, 3.8) is 0 Å². The third-order valence-corrected chi connectivity index (χ3v) is 2.89. The Bertz CT molecular complexity index is 620. The van der Waals surface area contributed by atoms with Crippen molar-refractivity contribution in [2.24, 2.45) is 7.05 Å². The van der Waals surface area contributed by atoms with Gasteiger partial charge in [0.2, 0.25) is 0 Å². The van der Waals surface area contributed by atoms with Gasteiger partial charge in [-0.2, -0.15) is 5.10 Å². The first-order chi connectivity index (χ1) is 10.2. The van der Waals surface area contributed by atoms with Gasteiger partial charge < -0.3 is 15.8 Å². The highest BCUT2D eigenvalue weighted by Crippen LogP contribution is 2.10. The van der Waals surface area contributed by atoms with E-state index in [1.807, 2.05) is 30.3 Å². The summed E-state index contributed by atoms with van der Waals surface area (Å²) in [5.74, 6) is 0.581. The summed E-state index contributed by atoms with van der Waals surface area (Å²) in [6.07, 6.45) is 4.80. The quantitative estimate of drug-likeness (QED) is 0.880. The van der Waals surface area contributed by atoms with Crippen LogP contribution in [0, 0.1) is 0 Å². The summed E-state index contributed by atoms with van der Waals surface area (Å²) in [6, 6.07) is 9.52. The molecule has 110 valence electrons. The standard InChI is InChI=1S/C15H18N4O2/c1-19-14(16)13(10-18-19)8-5-9-17-15(20)21-11-12-6-3-2-4-7-12/h2-8,10H,9,11,16H2,1H3,(H,17,20). The number of hydrogen-bond acceptors (Lipinski definition) is 4. The number of nitrogens with two attached hydrogens (primary N) is 1. The van der Waals surface area contributed by atoms with Crippen LogP contribution in [0.25, 0.3) is 6.08 Å². The largest absolute Gasteiger partial charge is 0.445 e. The molecule has 1 amide bonds. The summed E-state index contributed by atoms with van der Waals surface area (Å²) in [7, 11) is 1.77. The number of benzene rings is 1. The van der Waals surface area contributed by atoms with E-state index in [1.54, 1.807) is 30.1 Å². The number of carbonyl (C=O) groups excluding carboxylic acids is 1. The van der Waals surface area contributed by atoms with Crippen LogP contribution in [0.5, 0.6) is 0 Å². The number of aromatic nitrogens is 2. The summed E-state index contributed by atoms with van der Waals surface area (Å²) in [4.78, 5) is 11.5. The molecule has 0 spiro atoms. The van der Waals surface area contributed by atoms with Gasteiger partial charge in [0.1, 0.15) is 12.4 Å². The zero-order chi connectivity index (χ0) is 15.1. The van der Waals surface area contributed by atoms with Gasteiger partial charge in [-0.25, -0.2) is 4.79 Å². The molecule has 1 heterocycles. The number of nitrogens with one attached hydrogen (secondary N) is 1. The molecule has 2 aromatic rings. The second-order valence-corrected chi connectivity index (χ2v) is 4.45. The first kappa shape index (κ1) is 14.6. The Balaban J connectivity index is 1.71. The molecule has 0 aliphatic carbocycles. The van der Waals surface area contributed by atoms with E-state index in [-0.39, 0.29) is 6.61 Å². The van der Waals surface area contributed by atoms with Crippen LogP contribution in [0.1, 0.15) is 11.1 Å². The van der Waals surface area contributed by atoms with Crippen molar-refractivity contribution in [3.05, 3.63) is 53.7 Å². The van der Waals surface area contributed by atoms with Gasteiger partial charge in [0.25, 0.3) is 0 Å². The van der Waals surface area contributed by atoms with Crippen LogP contribution < -0.4 is 11.1 Å². The van der Waals surface area contributed by atoms with E-state index in [2.05, 4.69) is 10.4 Å². The maximum absolute atomic E-state index is 11.5. The average Bonchev–Trinajstić information content (AvgIpc) is 2.82. The molecular weight excluding hydrogens is 268 g/mol. The lowest BCUT2D eigenvalue weighted by atomic mass is 10.2. The van der Waals surface area contributed by atoms with Crippen LogP contribution in [0.4, 0.5) is 10.6 Å². The Hall–Kier alpha value is -2.76. The van der Waals surface area contributed by atoms with Crippen LogP contribution in [0.2, 0.25) is 0 Å². The molecule has 0 aliphatic heterocycles. The molecule has 6 heteroatoms. The molecule has 1 aromatic heterocycles. The van der Waals surface area contributed by atoms with E-state index in [9.17, 15) is 4.79 Å². The number of alkyl carbamates (subject to hydrolysis) is 1. The smallest absolute Gasteiger partial charge is 0.407 e. The lowest BCUT2D eigenvalue weighted by molar-refractivity contribution is 0.141. The SMILES string of the molecule is Cn1ncc(C=CCNC(=O)OCc2ccccc2)c1N. The van der Waals surface area contributed by atoms with E-state index < -0.39 is 6.09 Å². The van der Waals surface area contributed by atoms with Gasteiger partial charge in [-0.3, -0.25) is 4.68 Å². The highest BCUT2D eigenvalue weighted by molar-refractivity contribution is 5.68. The molecule has 1 aromatic carbocycles. The van der Waals surface area contributed by atoms with Crippen LogP contribution >= 0.6 is 0 Å². The average molecular weight is 286 g/mol. The van der Waals surface area contributed by atoms with Crippen LogP contribution in [-0.4, -0.2) is 22.4 Å². The monoisotopic (exact) mass is 286 g/mol. The van der Waals surface area contributed by atoms with Gasteiger partial charge in [0, 0.05) is 19.2 Å². The Morgan fingerprint density at radius 2 is 2.19 bits per heavy atom. The predicted molar refractivity (Wildman–Crippen MR) is 81.3 cm³/mol. The van der Waals surface area contributed by atoms with Gasteiger partial charge in [0.05, 0.1) is 6.20 Å². The molecule has 21 heavy (non-hydrogen) atoms. The lowest BCUT2D eigenvalue weighted by Crippen LogP contribution is -2.24. The van der Waals surface area contributed by atoms with E-state index >= 15 is 0 Å². The molecule has 6 nitrogen and oxygen atoms in total. The van der Waals surface area contributed by atoms with Crippen molar-refractivity contribution in [1.29, 1.82) is 0 Å². The maximum atomic E-state index is 11.5. The summed E-state index contributed by atoms with van der Waals surface area (Å²) in [5.41, 5.74) is 7.56. The van der Waals surface area contributed by atoms with Crippen molar-refractivity contribution in [2.45, 2.75) is 6.61 Å². The van der Waals surface area contributed by atoms with E-state index in [4.69, 9.17) is 10.5 Å². The zero-order valence-electron chi connectivity index (χ0n) is 11.8. The minimum atomic E-state index is -0.456. The number of nitrogens with zero attached hydrogens (tertiary/aromatic N) is 2. The minimum absolute atomic E-state index is 0.256. The van der Waals surface area contributed by atoms with Gasteiger partial charge in [-0.1, -0.05) is 42.5 Å². The molecule has 0 unspecified atom stereocenters. The molecule has 0 saturated carbocycles. The molecule has 3 N–H and O–H groups in total. The Morgan fingerprint density at radius 1 is 1.43 bits per heavy atom. The number of carbonyl (C=O) groups is 1. The van der Waals surface area contributed by atoms with E-state index in [1.165, 1.54) is 0 Å². The summed E-state index contributed by atoms with van der Waals surface area (Å²) in [6.45, 7) is 0.619. The fraction of sp³-hybridized carbons (Fsp3) is 0.200. The molecule has 0 aliphatic rings. The van der Waals surface area contributed by atoms with Crippen LogP contribution in [-0.2, 0) is 18.4 Å². The number of rotatable bonds is 5. The highest BCUT2D eigenvalue weighted by atomic mass is 16.5. The number of aryl methyl sites for hydroxylation is 1. The topological polar surface area (TPSA) is 82.2 Å². The van der Waals surface area contributed by atoms with Gasteiger partial charge in [0.15, 0.2) is 0 Å². The normalized spacial score (nSPS) is 10.7. The Kier molecular flexibility index (Phi) is 4.98. The minimum Gasteiger partial charge on any atom is -0.445 e. The molecule has 2 rings (SSSR count). The number of nitrogen functional groups attached to an aromatic ring is 1. The van der Waals surface area contributed by atoms with Gasteiger partial charge in [-0.05, 0) is 5.56 Å². The van der Waals surface area contributed by atoms with Crippen molar-refractivity contribution >= 4 is 18.0 Å². The van der Waals surface area contributed by atoms with Crippen LogP contribution in [0.3, 0.4) is 0 Å². The van der Waals surface area contributed by atoms with Crippen molar-refractivity contribution in [3.8, 4) is 0 Å². The highest BCUT2D eigenvalue weighted by Gasteiger charge is 2.01. The molecule has 0 radical (unpaired) electrons. The first-order valence-corrected chi connectivity index (χ1v) is 6.55. The molecule has 0 bridgehead atoms. The summed E-state index contributed by atoms with van der Waals surface area (Å²) in [5, 5.41) is 6.65. The lowest BCUT2D eigenvalue weighted by Gasteiger charge is -2.05. The van der Waals surface area contributed by atoms with Crippen molar-refractivity contribution in [2.75, 3.05) is 12.3 Å². The van der Waals surface area contributed by atoms with Gasteiger partial charge in [-0.15, -0.1) is 0 Å². The fourth-order valence-electron chi connectivity index (χ4n) is 1.69. The first-order valence-electron chi connectivity index (χ1n) is 6.55. The number of ether oxygens (including phenoxy) is 1. The van der Waals surface area contributed by atoms with Crippen molar-refractivity contribution in [1.82, 2.24) is 15.1 Å². The Morgan fingerprint density at radius 3 is 2.86 bits per heavy atom. The van der Waals surface area contributed by atoms with Gasteiger partial charge >= 0.3 is 6.09 Å². The predicted octanol–water partition coefficient (Wildman–Crippen LogP) is 1.94. The third kappa shape index (κ3) is 4.38. The molecule has 0 fully saturated rings. The van der Waals surface area contributed by atoms with E-state index in [0.717, 1.165) is 11.1 Å².